The third-order valence-corrected chi connectivity index (χ3v) is 7.34. The molecule has 0 aliphatic carbocycles. The Balaban J connectivity index is 2.31. The summed E-state index contributed by atoms with van der Waals surface area (Å²) in [5, 5.41) is 3.47. The fourth-order valence-corrected chi connectivity index (χ4v) is 4.74. The summed E-state index contributed by atoms with van der Waals surface area (Å²) in [6.07, 6.45) is -16.0. The van der Waals surface area contributed by atoms with E-state index in [9.17, 15) is 47.9 Å². The molecule has 0 unspecified atom stereocenters. The van der Waals surface area contributed by atoms with E-state index in [2.05, 4.69) is 20.4 Å². The number of benzene rings is 1. The van der Waals surface area contributed by atoms with Crippen LogP contribution in [0.2, 0.25) is 10.0 Å². The Labute approximate surface area is 217 Å². The number of halogens is 11. The average Bonchev–Trinajstić information content (AvgIpc) is 3.11. The average molecular weight is 618 g/mol. The zero-order chi connectivity index (χ0) is 28.8. The first-order chi connectivity index (χ1) is 17.3. The molecule has 0 amide bonds. The van der Waals surface area contributed by atoms with Gasteiger partial charge in [0.2, 0.25) is 5.82 Å². The van der Waals surface area contributed by atoms with Gasteiger partial charge in [0.05, 0.1) is 26.7 Å². The summed E-state index contributed by atoms with van der Waals surface area (Å²) in [5.74, 6) is -3.52. The Morgan fingerprint density at radius 1 is 0.921 bits per heavy atom. The number of hydrogen-bond acceptors (Lipinski definition) is 6. The van der Waals surface area contributed by atoms with Gasteiger partial charge in [-0.05, 0) is 18.6 Å². The van der Waals surface area contributed by atoms with E-state index in [4.69, 9.17) is 23.2 Å². The Morgan fingerprint density at radius 2 is 1.50 bits per heavy atom. The van der Waals surface area contributed by atoms with Crippen molar-refractivity contribution in [3.05, 3.63) is 39.3 Å². The quantitative estimate of drug-likeness (QED) is 0.243. The van der Waals surface area contributed by atoms with Crippen LogP contribution < -0.4 is 5.32 Å². The van der Waals surface area contributed by atoms with Crippen molar-refractivity contribution >= 4 is 49.9 Å². The number of rotatable bonds is 7. The summed E-state index contributed by atoms with van der Waals surface area (Å²) in [7, 11) is -3.49. The van der Waals surface area contributed by atoms with Crippen LogP contribution in [0.1, 0.15) is 30.4 Å². The van der Waals surface area contributed by atoms with Crippen LogP contribution >= 0.6 is 23.2 Å². The van der Waals surface area contributed by atoms with E-state index >= 15 is 0 Å². The molecule has 0 saturated carbocycles. The van der Waals surface area contributed by atoms with Crippen molar-refractivity contribution in [3.8, 4) is 5.69 Å². The van der Waals surface area contributed by atoms with Crippen LogP contribution in [0.5, 0.6) is 0 Å². The molecule has 1 N–H and O–H groups in total. The second kappa shape index (κ2) is 10.2. The third-order valence-electron chi connectivity index (χ3n) is 4.98. The van der Waals surface area contributed by atoms with E-state index in [1.807, 2.05) is 0 Å². The third kappa shape index (κ3) is 6.36. The Kier molecular flexibility index (Phi) is 8.07. The molecule has 0 atom stereocenters. The maximum atomic E-state index is 13.8. The highest BCUT2D eigenvalue weighted by Gasteiger charge is 2.43. The normalized spacial score (nSPS) is 13.4. The molecule has 38 heavy (non-hydrogen) atoms. The van der Waals surface area contributed by atoms with E-state index in [0.717, 1.165) is 0 Å². The molecule has 2 aromatic heterocycles. The lowest BCUT2D eigenvalue weighted by Crippen LogP contribution is -2.18. The standard InChI is InChI=1S/C19H14Cl2F9N5O2S/c1-2-38(36,37)5-3-4-31-15-11-13(18(25,26)27)32-16(19(28,29)30)33-14(11)34-35(15)12-9(20)6-8(7-10(12)21)17(22,23)24/h6-7,31H,2-5H2,1H3. The van der Waals surface area contributed by atoms with Gasteiger partial charge in [-0.2, -0.15) is 39.5 Å². The minimum absolute atomic E-state index is 0.167. The van der Waals surface area contributed by atoms with Crippen molar-refractivity contribution in [1.29, 1.82) is 0 Å². The van der Waals surface area contributed by atoms with Crippen molar-refractivity contribution in [3.63, 3.8) is 0 Å². The summed E-state index contributed by atoms with van der Waals surface area (Å²) in [6.45, 7) is 1.01. The number of hydrogen-bond donors (Lipinski definition) is 1. The lowest BCUT2D eigenvalue weighted by molar-refractivity contribution is -0.151. The van der Waals surface area contributed by atoms with Crippen molar-refractivity contribution in [2.75, 3.05) is 23.4 Å². The van der Waals surface area contributed by atoms with Gasteiger partial charge in [-0.1, -0.05) is 30.1 Å². The Bertz CT molecular complexity index is 1450. The van der Waals surface area contributed by atoms with Gasteiger partial charge in [-0.3, -0.25) is 0 Å². The number of nitrogens with one attached hydrogen (secondary N) is 1. The maximum absolute atomic E-state index is 13.8. The number of nitrogens with zero attached hydrogens (tertiary/aromatic N) is 4. The van der Waals surface area contributed by atoms with Gasteiger partial charge < -0.3 is 5.32 Å². The van der Waals surface area contributed by atoms with E-state index in [1.54, 1.807) is 0 Å². The van der Waals surface area contributed by atoms with E-state index < -0.39 is 83.8 Å². The van der Waals surface area contributed by atoms with E-state index in [0.29, 0.717) is 16.8 Å². The molecule has 0 spiro atoms. The van der Waals surface area contributed by atoms with Crippen LogP contribution in [-0.2, 0) is 28.4 Å². The monoisotopic (exact) mass is 617 g/mol. The van der Waals surface area contributed by atoms with Crippen molar-refractivity contribution < 1.29 is 47.9 Å². The van der Waals surface area contributed by atoms with E-state index in [-0.39, 0.29) is 18.7 Å². The first kappa shape index (κ1) is 30.0. The molecule has 210 valence electrons. The smallest absolute Gasteiger partial charge is 0.369 e. The van der Waals surface area contributed by atoms with Gasteiger partial charge in [0, 0.05) is 12.3 Å². The maximum Gasteiger partial charge on any atom is 0.451 e. The van der Waals surface area contributed by atoms with Gasteiger partial charge in [-0.15, -0.1) is 5.10 Å². The minimum Gasteiger partial charge on any atom is -0.369 e. The second-order valence-electron chi connectivity index (χ2n) is 7.65. The van der Waals surface area contributed by atoms with Crippen molar-refractivity contribution in [2.45, 2.75) is 31.9 Å². The molecular weight excluding hydrogens is 604 g/mol. The molecule has 1 aromatic carbocycles. The summed E-state index contributed by atoms with van der Waals surface area (Å²) in [4.78, 5) is 5.67. The number of anilines is 1. The van der Waals surface area contributed by atoms with Crippen LogP contribution in [0.15, 0.2) is 12.1 Å². The molecule has 0 aliphatic rings. The van der Waals surface area contributed by atoms with Crippen LogP contribution in [0.4, 0.5) is 45.3 Å². The van der Waals surface area contributed by atoms with Crippen LogP contribution in [0.25, 0.3) is 16.7 Å². The lowest BCUT2D eigenvalue weighted by Gasteiger charge is -2.16. The summed E-state index contributed by atoms with van der Waals surface area (Å²) >= 11 is 11.9. The highest BCUT2D eigenvalue weighted by Crippen LogP contribution is 2.43. The summed E-state index contributed by atoms with van der Waals surface area (Å²) in [5.41, 5.74) is -5.11. The zero-order valence-corrected chi connectivity index (χ0v) is 21.0. The predicted octanol–water partition coefficient (Wildman–Crippen LogP) is 6.42. The van der Waals surface area contributed by atoms with Crippen molar-refractivity contribution in [1.82, 2.24) is 19.7 Å². The molecule has 7 nitrogen and oxygen atoms in total. The van der Waals surface area contributed by atoms with Crippen LogP contribution in [0, 0.1) is 0 Å². The van der Waals surface area contributed by atoms with Crippen molar-refractivity contribution in [2.24, 2.45) is 0 Å². The van der Waals surface area contributed by atoms with Crippen LogP contribution in [-0.4, -0.2) is 46.2 Å². The predicted molar refractivity (Wildman–Crippen MR) is 119 cm³/mol. The first-order valence-electron chi connectivity index (χ1n) is 10.2. The molecule has 2 heterocycles. The molecule has 3 rings (SSSR count). The Hall–Kier alpha value is -2.53. The largest absolute Gasteiger partial charge is 0.451 e. The molecule has 0 saturated heterocycles. The fourth-order valence-electron chi connectivity index (χ4n) is 3.22. The number of aromatic nitrogens is 4. The lowest BCUT2D eigenvalue weighted by atomic mass is 10.2. The number of alkyl halides is 9. The fraction of sp³-hybridized carbons (Fsp3) is 0.421. The van der Waals surface area contributed by atoms with Gasteiger partial charge in [0.15, 0.2) is 11.3 Å². The highest BCUT2D eigenvalue weighted by molar-refractivity contribution is 7.91. The first-order valence-corrected chi connectivity index (χ1v) is 12.8. The van der Waals surface area contributed by atoms with Gasteiger partial charge in [0.25, 0.3) is 0 Å². The topological polar surface area (TPSA) is 89.8 Å². The molecule has 19 heteroatoms. The number of fused-ring (bicyclic) bond motifs is 1. The van der Waals surface area contributed by atoms with Gasteiger partial charge in [-0.25, -0.2) is 23.1 Å². The minimum atomic E-state index is -5.47. The van der Waals surface area contributed by atoms with Gasteiger partial charge >= 0.3 is 18.5 Å². The highest BCUT2D eigenvalue weighted by atomic mass is 35.5. The Morgan fingerprint density at radius 3 is 1.97 bits per heavy atom. The molecule has 3 aromatic rings. The van der Waals surface area contributed by atoms with Gasteiger partial charge in [0.1, 0.15) is 21.3 Å². The summed E-state index contributed by atoms with van der Waals surface area (Å²) in [6, 6.07) is 0.786. The SMILES string of the molecule is CCS(=O)(=O)CCCNc1c2c(C(F)(F)F)nc(C(F)(F)F)nc2nn1-c1c(Cl)cc(C(F)(F)F)cc1Cl. The molecule has 0 bridgehead atoms. The number of sulfone groups is 1. The molecule has 0 aliphatic heterocycles. The molecule has 0 radical (unpaired) electrons. The van der Waals surface area contributed by atoms with E-state index in [1.165, 1.54) is 6.92 Å². The summed E-state index contributed by atoms with van der Waals surface area (Å²) < 4.78 is 145. The molecule has 0 fully saturated rings. The second-order valence-corrected chi connectivity index (χ2v) is 10.9. The van der Waals surface area contributed by atoms with Crippen LogP contribution in [0.3, 0.4) is 0 Å². The zero-order valence-electron chi connectivity index (χ0n) is 18.7. The molecular formula is C19H14Cl2F9N5O2S.